The number of hydrogen-bond acceptors (Lipinski definition) is 2. The molecule has 4 rings (SSSR count). The van der Waals surface area contributed by atoms with Crippen molar-refractivity contribution in [3.63, 3.8) is 0 Å². The van der Waals surface area contributed by atoms with Crippen LogP contribution in [0, 0.1) is 20.8 Å². The molecule has 0 radical (unpaired) electrons. The van der Waals surface area contributed by atoms with Gasteiger partial charge in [-0.15, -0.1) is 0 Å². The second-order valence-electron chi connectivity index (χ2n) is 8.64. The van der Waals surface area contributed by atoms with Crippen molar-refractivity contribution in [3.8, 4) is 0 Å². The van der Waals surface area contributed by atoms with E-state index in [1.54, 1.807) is 0 Å². The topological polar surface area (TPSA) is 6.48 Å². The van der Waals surface area contributed by atoms with Gasteiger partial charge in [0.25, 0.3) is 0 Å². The molecular weight excluding hydrogens is 340 g/mol. The Bertz CT molecular complexity index is 811. The molecule has 28 heavy (non-hydrogen) atoms. The van der Waals surface area contributed by atoms with Crippen molar-refractivity contribution >= 4 is 5.69 Å². The number of hydrogen-bond donors (Lipinski definition) is 0. The number of rotatable bonds is 2. The van der Waals surface area contributed by atoms with Gasteiger partial charge in [-0.2, -0.15) is 0 Å². The second kappa shape index (κ2) is 8.43. The lowest BCUT2D eigenvalue weighted by Gasteiger charge is -2.36. The Balaban J connectivity index is 1.80. The van der Waals surface area contributed by atoms with E-state index in [0.717, 1.165) is 6.42 Å². The minimum atomic E-state index is 0.637. The molecule has 1 aliphatic heterocycles. The van der Waals surface area contributed by atoms with Gasteiger partial charge in [-0.05, 0) is 69.6 Å². The van der Waals surface area contributed by atoms with Gasteiger partial charge in [-0.25, -0.2) is 0 Å². The zero-order valence-electron chi connectivity index (χ0n) is 17.7. The summed E-state index contributed by atoms with van der Waals surface area (Å²) in [5.74, 6) is 1.40. The summed E-state index contributed by atoms with van der Waals surface area (Å²) in [7, 11) is 0. The van der Waals surface area contributed by atoms with Crippen LogP contribution >= 0.6 is 0 Å². The predicted molar refractivity (Wildman–Crippen MR) is 120 cm³/mol. The molecule has 1 aromatic rings. The van der Waals surface area contributed by atoms with E-state index in [0.29, 0.717) is 6.04 Å². The number of nitrogens with zero attached hydrogens (tertiary/aromatic N) is 2. The summed E-state index contributed by atoms with van der Waals surface area (Å²) < 4.78 is 0. The van der Waals surface area contributed by atoms with Gasteiger partial charge in [0.1, 0.15) is 5.82 Å². The molecule has 2 heteroatoms. The summed E-state index contributed by atoms with van der Waals surface area (Å²) in [6.45, 7) is 6.71. The number of anilines is 1. The monoisotopic (exact) mass is 374 g/mol. The van der Waals surface area contributed by atoms with Crippen LogP contribution < -0.4 is 4.90 Å². The fourth-order valence-electron chi connectivity index (χ4n) is 5.14. The molecule has 2 nitrogen and oxygen atoms in total. The summed E-state index contributed by atoms with van der Waals surface area (Å²) in [5, 5.41) is 0. The fraction of sp³-hybridized carbons (Fsp3) is 0.462. The first kappa shape index (κ1) is 19.1. The van der Waals surface area contributed by atoms with Gasteiger partial charge in [-0.3, -0.25) is 0 Å². The van der Waals surface area contributed by atoms with Crippen molar-refractivity contribution in [2.24, 2.45) is 0 Å². The maximum atomic E-state index is 2.60. The molecule has 1 saturated carbocycles. The molecule has 0 saturated heterocycles. The molecule has 3 aliphatic rings. The molecule has 0 amide bonds. The normalized spacial score (nSPS) is 23.4. The van der Waals surface area contributed by atoms with Gasteiger partial charge in [0, 0.05) is 18.4 Å². The molecule has 1 fully saturated rings. The number of allylic oxidation sites excluding steroid dienone is 5. The van der Waals surface area contributed by atoms with Crippen molar-refractivity contribution in [2.45, 2.75) is 78.2 Å². The summed E-state index contributed by atoms with van der Waals surface area (Å²) in [5.41, 5.74) is 6.89. The van der Waals surface area contributed by atoms with Gasteiger partial charge in [0.05, 0.1) is 5.69 Å². The fourth-order valence-corrected chi connectivity index (χ4v) is 5.14. The highest BCUT2D eigenvalue weighted by molar-refractivity contribution is 5.67. The Labute approximate surface area is 170 Å². The molecule has 1 aromatic carbocycles. The van der Waals surface area contributed by atoms with Crippen LogP contribution in [0.2, 0.25) is 0 Å². The first-order chi connectivity index (χ1) is 13.6. The Morgan fingerprint density at radius 3 is 2.36 bits per heavy atom. The largest absolute Gasteiger partial charge is 0.329 e. The minimum Gasteiger partial charge on any atom is -0.329 e. The average molecular weight is 375 g/mol. The predicted octanol–water partition coefficient (Wildman–Crippen LogP) is 7.05. The standard InChI is InChI=1S/C26H34N2/c1-20-18-21(2)25(22(3)19-20)28-17-16-27(24-14-10-7-11-15-24)26(28)23-12-8-5-4-6-9-13-23/h4-5,8,12,16-19,24H,6-7,9-11,13-15H2,1-3H3. The highest BCUT2D eigenvalue weighted by Crippen LogP contribution is 2.39. The van der Waals surface area contributed by atoms with Crippen LogP contribution in [0.25, 0.3) is 0 Å². The number of benzene rings is 1. The summed E-state index contributed by atoms with van der Waals surface area (Å²) in [4.78, 5) is 5.08. The molecule has 1 heterocycles. The van der Waals surface area contributed by atoms with Gasteiger partial charge < -0.3 is 9.80 Å². The zero-order chi connectivity index (χ0) is 19.5. The summed E-state index contributed by atoms with van der Waals surface area (Å²) in [6.07, 6.45) is 24.0. The zero-order valence-corrected chi connectivity index (χ0v) is 17.7. The first-order valence-corrected chi connectivity index (χ1v) is 11.1. The Hall–Kier alpha value is -2.22. The second-order valence-corrected chi connectivity index (χ2v) is 8.64. The van der Waals surface area contributed by atoms with E-state index >= 15 is 0 Å². The quantitative estimate of drug-likeness (QED) is 0.547. The molecule has 0 aromatic heterocycles. The van der Waals surface area contributed by atoms with Gasteiger partial charge in [0.2, 0.25) is 0 Å². The van der Waals surface area contributed by atoms with E-state index in [2.05, 4.69) is 79.4 Å². The van der Waals surface area contributed by atoms with Crippen molar-refractivity contribution in [1.82, 2.24) is 4.90 Å². The van der Waals surface area contributed by atoms with E-state index in [-0.39, 0.29) is 0 Å². The van der Waals surface area contributed by atoms with E-state index in [4.69, 9.17) is 0 Å². The molecule has 0 unspecified atom stereocenters. The Kier molecular flexibility index (Phi) is 5.75. The van der Waals surface area contributed by atoms with Crippen molar-refractivity contribution < 1.29 is 0 Å². The summed E-state index contributed by atoms with van der Waals surface area (Å²) >= 11 is 0. The molecule has 0 atom stereocenters. The van der Waals surface area contributed by atoms with E-state index < -0.39 is 0 Å². The molecule has 148 valence electrons. The minimum absolute atomic E-state index is 0.637. The van der Waals surface area contributed by atoms with Gasteiger partial charge in [-0.1, -0.05) is 61.3 Å². The van der Waals surface area contributed by atoms with Crippen molar-refractivity contribution in [2.75, 3.05) is 4.90 Å². The first-order valence-electron chi connectivity index (χ1n) is 11.1. The van der Waals surface area contributed by atoms with Crippen molar-refractivity contribution in [3.05, 3.63) is 76.9 Å². The smallest absolute Gasteiger partial charge is 0.120 e. The third-order valence-electron chi connectivity index (χ3n) is 6.34. The molecule has 2 aliphatic carbocycles. The van der Waals surface area contributed by atoms with E-state index in [1.165, 1.54) is 78.7 Å². The molecular formula is C26H34N2. The van der Waals surface area contributed by atoms with E-state index in [9.17, 15) is 0 Å². The molecule has 0 bridgehead atoms. The van der Waals surface area contributed by atoms with Crippen LogP contribution in [-0.2, 0) is 0 Å². The third kappa shape index (κ3) is 3.83. The maximum Gasteiger partial charge on any atom is 0.120 e. The molecule has 0 spiro atoms. The average Bonchev–Trinajstić information content (AvgIpc) is 3.06. The van der Waals surface area contributed by atoms with Crippen molar-refractivity contribution in [1.29, 1.82) is 0 Å². The van der Waals surface area contributed by atoms with Crippen LogP contribution in [0.3, 0.4) is 0 Å². The number of aryl methyl sites for hydroxylation is 3. The Morgan fingerprint density at radius 2 is 1.61 bits per heavy atom. The lowest BCUT2D eigenvalue weighted by atomic mass is 9.94. The highest BCUT2D eigenvalue weighted by atomic mass is 15.4. The van der Waals surface area contributed by atoms with Crippen LogP contribution in [0.1, 0.15) is 68.1 Å². The SMILES string of the molecule is Cc1cc(C)c(N2C=CN(C3CCCCC3)C2=C2C=CC=CCCC2)c(C)c1. The van der Waals surface area contributed by atoms with E-state index in [1.807, 2.05) is 0 Å². The highest BCUT2D eigenvalue weighted by Gasteiger charge is 2.31. The Morgan fingerprint density at radius 1 is 0.857 bits per heavy atom. The lowest BCUT2D eigenvalue weighted by molar-refractivity contribution is 0.264. The van der Waals surface area contributed by atoms with Crippen LogP contribution in [-0.4, -0.2) is 10.9 Å². The third-order valence-corrected chi connectivity index (χ3v) is 6.34. The maximum absolute atomic E-state index is 2.60. The van der Waals surface area contributed by atoms with Crippen LogP contribution in [0.4, 0.5) is 5.69 Å². The van der Waals surface area contributed by atoms with Gasteiger partial charge >= 0.3 is 0 Å². The molecule has 0 N–H and O–H groups in total. The summed E-state index contributed by atoms with van der Waals surface area (Å²) in [6, 6.07) is 5.27. The van der Waals surface area contributed by atoms with Crippen LogP contribution in [0.5, 0.6) is 0 Å². The lowest BCUT2D eigenvalue weighted by Crippen LogP contribution is -2.35. The van der Waals surface area contributed by atoms with Gasteiger partial charge in [0.15, 0.2) is 0 Å². The van der Waals surface area contributed by atoms with Crippen LogP contribution in [0.15, 0.2) is 60.2 Å².